The number of ether oxygens (including phenoxy) is 2. The summed E-state index contributed by atoms with van der Waals surface area (Å²) in [4.78, 5) is 26.3. The number of hydroxylamine groups is 2. The highest BCUT2D eigenvalue weighted by Gasteiger charge is 2.47. The first-order chi connectivity index (χ1) is 34.8. The van der Waals surface area contributed by atoms with Crippen LogP contribution in [0, 0.1) is 0 Å². The summed E-state index contributed by atoms with van der Waals surface area (Å²) in [5.74, 6) is 1.19. The molecule has 0 spiro atoms. The summed E-state index contributed by atoms with van der Waals surface area (Å²) in [6, 6.07) is 50.5. The standard InChI is InChI=1S/C62H64N4O5/c1-4-6-7-10-17-44-24-26-45(27-25-44)60(67)71-66-40-38-64(39-41-66)49-30-28-47(29-31-49)62(46-18-11-8-12-19-46)33-32-51-58-57(50-22-15-16-23-54(50)61(58,68)5-2)52-42-55(56(69-3)43-53(52)59(51)70-62)65-36-34-63(35-37-65)48-20-13-9-14-21-48/h8-9,11-16,18-33,42-43,68H,4-7,10,17,34-41H2,1-3H3. The lowest BCUT2D eigenvalue weighted by Gasteiger charge is -2.40. The Balaban J connectivity index is 0.903. The lowest BCUT2D eigenvalue weighted by molar-refractivity contribution is -0.112. The summed E-state index contributed by atoms with van der Waals surface area (Å²) in [6.07, 6.45) is 10.8. The fourth-order valence-electron chi connectivity index (χ4n) is 11.5. The fraction of sp³-hybridized carbons (Fsp3) is 0.306. The minimum absolute atomic E-state index is 0.313. The molecule has 2 atom stereocenters. The van der Waals surface area contributed by atoms with E-state index >= 15 is 0 Å². The van der Waals surface area contributed by atoms with Gasteiger partial charge < -0.3 is 34.1 Å². The molecule has 2 saturated heterocycles. The van der Waals surface area contributed by atoms with Crippen LogP contribution in [0.15, 0.2) is 152 Å². The van der Waals surface area contributed by atoms with E-state index in [0.29, 0.717) is 38.2 Å². The van der Waals surface area contributed by atoms with Gasteiger partial charge in [0.15, 0.2) is 5.60 Å². The van der Waals surface area contributed by atoms with E-state index in [1.807, 2.05) is 24.3 Å². The Labute approximate surface area is 418 Å². The lowest BCUT2D eigenvalue weighted by atomic mass is 9.79. The molecule has 3 heterocycles. The number of aliphatic hydroxyl groups is 1. The Morgan fingerprint density at radius 3 is 1.99 bits per heavy atom. The Morgan fingerprint density at radius 1 is 0.662 bits per heavy atom. The monoisotopic (exact) mass is 944 g/mol. The number of rotatable bonds is 14. The molecule has 1 aliphatic carbocycles. The second kappa shape index (κ2) is 19.6. The van der Waals surface area contributed by atoms with Gasteiger partial charge in [-0.05, 0) is 102 Å². The maximum Gasteiger partial charge on any atom is 0.357 e. The van der Waals surface area contributed by atoms with Crippen molar-refractivity contribution in [1.29, 1.82) is 0 Å². The number of anilines is 3. The number of carbonyl (C=O) groups is 1. The van der Waals surface area contributed by atoms with Gasteiger partial charge >= 0.3 is 5.97 Å². The van der Waals surface area contributed by atoms with Crippen LogP contribution >= 0.6 is 0 Å². The number of aryl methyl sites for hydroxylation is 1. The molecule has 0 aromatic heterocycles. The predicted molar refractivity (Wildman–Crippen MR) is 287 cm³/mol. The van der Waals surface area contributed by atoms with Gasteiger partial charge in [0.25, 0.3) is 0 Å². The van der Waals surface area contributed by atoms with E-state index in [9.17, 15) is 9.90 Å². The summed E-state index contributed by atoms with van der Waals surface area (Å²) < 4.78 is 14.0. The fourth-order valence-corrected chi connectivity index (χ4v) is 11.5. The van der Waals surface area contributed by atoms with Crippen LogP contribution in [-0.2, 0) is 22.5 Å². The topological polar surface area (TPSA) is 78.0 Å². The molecule has 2 unspecified atom stereocenters. The summed E-state index contributed by atoms with van der Waals surface area (Å²) in [5, 5.41) is 16.7. The molecule has 11 rings (SSSR count). The van der Waals surface area contributed by atoms with E-state index in [1.54, 1.807) is 12.2 Å². The van der Waals surface area contributed by atoms with Gasteiger partial charge in [0.05, 0.1) is 31.5 Å². The molecule has 9 heteroatoms. The van der Waals surface area contributed by atoms with Crippen LogP contribution in [0.25, 0.3) is 28.0 Å². The van der Waals surface area contributed by atoms with Gasteiger partial charge in [-0.3, -0.25) is 0 Å². The molecule has 9 nitrogen and oxygen atoms in total. The highest BCUT2D eigenvalue weighted by atomic mass is 16.7. The van der Waals surface area contributed by atoms with Gasteiger partial charge in [0.2, 0.25) is 0 Å². The second-order valence-corrected chi connectivity index (χ2v) is 19.5. The van der Waals surface area contributed by atoms with Crippen molar-refractivity contribution < 1.29 is 24.2 Å². The average molecular weight is 945 g/mol. The SMILES string of the molecule is CCCCCCc1ccc(C(=O)ON2CCN(c3ccc(C4(c5ccccc5)C=Cc5c6c(c7cc(N8CCN(c9ccccc9)CC8)c(OC)cc7c5O4)-c4ccccc4C6(O)CC)cc3)CC2)cc1. The summed E-state index contributed by atoms with van der Waals surface area (Å²) in [7, 11) is 1.76. The number of piperazine rings is 2. The first-order valence-electron chi connectivity index (χ1n) is 25.8. The van der Waals surface area contributed by atoms with Crippen LogP contribution in [0.4, 0.5) is 17.1 Å². The van der Waals surface area contributed by atoms with E-state index in [1.165, 1.54) is 36.9 Å². The van der Waals surface area contributed by atoms with Crippen LogP contribution in [-0.4, -0.2) is 75.6 Å². The van der Waals surface area contributed by atoms with Crippen molar-refractivity contribution in [3.05, 3.63) is 191 Å². The third kappa shape index (κ3) is 8.49. The molecule has 362 valence electrons. The first kappa shape index (κ1) is 46.3. The maximum atomic E-state index is 13.2. The van der Waals surface area contributed by atoms with Crippen LogP contribution in [0.3, 0.4) is 0 Å². The van der Waals surface area contributed by atoms with E-state index in [2.05, 4.69) is 162 Å². The molecule has 7 aromatic carbocycles. The van der Waals surface area contributed by atoms with Gasteiger partial charge in [-0.1, -0.05) is 136 Å². The minimum Gasteiger partial charge on any atom is -0.495 e. The molecule has 0 bridgehead atoms. The van der Waals surface area contributed by atoms with E-state index in [0.717, 1.165) is 105 Å². The average Bonchev–Trinajstić information content (AvgIpc) is 3.71. The highest BCUT2D eigenvalue weighted by Crippen LogP contribution is 2.59. The van der Waals surface area contributed by atoms with Crippen LogP contribution in [0.1, 0.15) is 89.7 Å². The second-order valence-electron chi connectivity index (χ2n) is 19.5. The number of carbonyl (C=O) groups excluding carboxylic acids is 1. The number of fused-ring (bicyclic) bond motifs is 8. The zero-order valence-corrected chi connectivity index (χ0v) is 41.3. The Bertz CT molecular complexity index is 3050. The third-order valence-electron chi connectivity index (χ3n) is 15.5. The Hall–Kier alpha value is -7.07. The molecule has 1 N–H and O–H groups in total. The number of nitrogens with zero attached hydrogens (tertiary/aromatic N) is 4. The van der Waals surface area contributed by atoms with E-state index in [-0.39, 0.29) is 5.97 Å². The normalized spacial score (nSPS) is 19.5. The van der Waals surface area contributed by atoms with Crippen molar-refractivity contribution in [2.24, 2.45) is 0 Å². The Kier molecular flexibility index (Phi) is 12.8. The molecule has 3 aliphatic heterocycles. The van der Waals surface area contributed by atoms with Gasteiger partial charge in [-0.2, -0.15) is 0 Å². The lowest BCUT2D eigenvalue weighted by Crippen LogP contribution is -2.47. The number of unbranched alkanes of at least 4 members (excludes halogenated alkanes) is 3. The molecule has 0 amide bonds. The predicted octanol–water partition coefficient (Wildman–Crippen LogP) is 12.2. The molecule has 7 aromatic rings. The van der Waals surface area contributed by atoms with Crippen molar-refractivity contribution in [2.45, 2.75) is 63.6 Å². The van der Waals surface area contributed by atoms with E-state index < -0.39 is 11.2 Å². The zero-order chi connectivity index (χ0) is 48.5. The quantitative estimate of drug-likeness (QED) is 0.107. The molecule has 2 fully saturated rings. The van der Waals surface area contributed by atoms with Gasteiger partial charge in [-0.15, -0.1) is 5.06 Å². The molecule has 0 saturated carbocycles. The minimum atomic E-state index is -1.23. The highest BCUT2D eigenvalue weighted by molar-refractivity contribution is 6.10. The number of hydrogen-bond donors (Lipinski definition) is 1. The maximum absolute atomic E-state index is 13.2. The van der Waals surface area contributed by atoms with Crippen molar-refractivity contribution in [2.75, 3.05) is 74.2 Å². The molecule has 71 heavy (non-hydrogen) atoms. The zero-order valence-electron chi connectivity index (χ0n) is 41.3. The molecular formula is C62H64N4O5. The number of benzene rings is 7. The van der Waals surface area contributed by atoms with Gasteiger partial charge in [-0.25, -0.2) is 4.79 Å². The summed E-state index contributed by atoms with van der Waals surface area (Å²) >= 11 is 0. The first-order valence-corrected chi connectivity index (χ1v) is 25.8. The molecular weight excluding hydrogens is 881 g/mol. The largest absolute Gasteiger partial charge is 0.495 e. The number of para-hydroxylation sites is 1. The summed E-state index contributed by atoms with van der Waals surface area (Å²) in [6.45, 7) is 10.4. The van der Waals surface area contributed by atoms with Gasteiger partial charge in [0, 0.05) is 78.3 Å². The number of hydrogen-bond acceptors (Lipinski definition) is 9. The van der Waals surface area contributed by atoms with Crippen LogP contribution < -0.4 is 24.2 Å². The van der Waals surface area contributed by atoms with Crippen molar-refractivity contribution >= 4 is 39.9 Å². The Morgan fingerprint density at radius 2 is 1.30 bits per heavy atom. The van der Waals surface area contributed by atoms with Crippen molar-refractivity contribution in [3.63, 3.8) is 0 Å². The number of methoxy groups -OCH3 is 1. The smallest absolute Gasteiger partial charge is 0.357 e. The van der Waals surface area contributed by atoms with Gasteiger partial charge in [0.1, 0.15) is 17.1 Å². The van der Waals surface area contributed by atoms with Crippen molar-refractivity contribution in [3.8, 4) is 22.6 Å². The molecule has 0 radical (unpaired) electrons. The third-order valence-corrected chi connectivity index (χ3v) is 15.5. The summed E-state index contributed by atoms with van der Waals surface area (Å²) in [5.41, 5.74) is 9.74. The molecule has 4 aliphatic rings. The van der Waals surface area contributed by atoms with Crippen LogP contribution in [0.5, 0.6) is 11.5 Å². The van der Waals surface area contributed by atoms with E-state index in [4.69, 9.17) is 14.3 Å². The van der Waals surface area contributed by atoms with Crippen LogP contribution in [0.2, 0.25) is 0 Å². The van der Waals surface area contributed by atoms with Crippen molar-refractivity contribution in [1.82, 2.24) is 5.06 Å².